The van der Waals surface area contributed by atoms with Crippen LogP contribution in [0.1, 0.15) is 60.5 Å². The van der Waals surface area contributed by atoms with Gasteiger partial charge in [0.15, 0.2) is 5.78 Å². The Morgan fingerprint density at radius 1 is 1.12 bits per heavy atom. The summed E-state index contributed by atoms with van der Waals surface area (Å²) >= 11 is 5.92. The summed E-state index contributed by atoms with van der Waals surface area (Å²) in [4.78, 5) is 29.3. The Bertz CT molecular complexity index is 1310. The van der Waals surface area contributed by atoms with E-state index in [-0.39, 0.29) is 47.2 Å². The number of rotatable bonds is 8. The van der Waals surface area contributed by atoms with Gasteiger partial charge in [-0.05, 0) is 86.9 Å². The van der Waals surface area contributed by atoms with E-state index in [1.165, 1.54) is 18.2 Å². The average Bonchev–Trinajstić information content (AvgIpc) is 3.77. The Kier molecular flexibility index (Phi) is 8.38. The fourth-order valence-electron chi connectivity index (χ4n) is 6.37. The molecule has 3 aliphatic rings. The molecule has 0 aromatic heterocycles. The van der Waals surface area contributed by atoms with Crippen molar-refractivity contribution in [3.05, 3.63) is 63.9 Å². The maximum Gasteiger partial charge on any atom is 0.416 e. The maximum atomic E-state index is 13.9. The number of carbonyl (C=O) groups is 2. The maximum absolute atomic E-state index is 13.9. The smallest absolute Gasteiger partial charge is 0.416 e. The quantitative estimate of drug-likeness (QED) is 0.364. The highest BCUT2D eigenvalue weighted by Crippen LogP contribution is 2.48. The molecular formula is C30H33ClF4N2O4. The molecule has 1 N–H and O–H groups in total. The summed E-state index contributed by atoms with van der Waals surface area (Å²) in [6, 6.07) is 7.73. The summed E-state index contributed by atoms with van der Waals surface area (Å²) in [5, 5.41) is 9.28. The first-order valence-electron chi connectivity index (χ1n) is 13.9. The van der Waals surface area contributed by atoms with E-state index >= 15 is 0 Å². The first-order valence-corrected chi connectivity index (χ1v) is 14.3. The number of Topliss-reactive ketones (excluding diaryl/α,β-unsaturated/α-hetero) is 1. The van der Waals surface area contributed by atoms with Crippen molar-refractivity contribution in [2.45, 2.75) is 69.3 Å². The van der Waals surface area contributed by atoms with Crippen LogP contribution in [0, 0.1) is 11.7 Å². The Hall–Kier alpha value is -2.69. The number of anilines is 1. The number of piperazine rings is 1. The van der Waals surface area contributed by atoms with E-state index in [1.807, 2.05) is 6.92 Å². The second-order valence-corrected chi connectivity index (χ2v) is 11.9. The van der Waals surface area contributed by atoms with Gasteiger partial charge in [0.05, 0.1) is 17.7 Å². The summed E-state index contributed by atoms with van der Waals surface area (Å²) in [5.41, 5.74) is -1.03. The van der Waals surface area contributed by atoms with Crippen LogP contribution in [-0.4, -0.2) is 65.7 Å². The lowest BCUT2D eigenvalue weighted by atomic mass is 9.81. The number of aromatic carboxylic acids is 1. The van der Waals surface area contributed by atoms with Crippen molar-refractivity contribution in [3.63, 3.8) is 0 Å². The molecule has 0 amide bonds. The number of nitrogens with zero attached hydrogens (tertiary/aromatic N) is 2. The number of hydrogen-bond acceptors (Lipinski definition) is 5. The fourth-order valence-corrected chi connectivity index (χ4v) is 6.63. The normalized spacial score (nSPS) is 25.8. The predicted molar refractivity (Wildman–Crippen MR) is 146 cm³/mol. The Morgan fingerprint density at radius 2 is 1.88 bits per heavy atom. The number of ketones is 1. The molecule has 0 radical (unpaired) electrons. The SMILES string of the molecule is C[C@H]1CN([C@@H]2CC[C@@](C(=O)CCc3cc(Cl)cc(C(F)(F)F)c3)(C3CC3)OC2)CCN1c1ccc(F)c(C(=O)O)c1. The number of benzene rings is 2. The van der Waals surface area contributed by atoms with Gasteiger partial charge < -0.3 is 14.7 Å². The standard InChI is InChI=1S/C30H33ClF4N2O4/c1-18-16-36(10-11-37(18)23-5-6-26(32)25(15-23)28(39)40)24-8-9-29(41-17-24,20-3-4-20)27(38)7-2-19-12-21(30(33,34)35)14-22(31)13-19/h5-6,12-15,18,20,24H,2-4,7-11,16-17H2,1H3,(H,39,40)/t18-,24+,29-/m0/s1. The van der Waals surface area contributed by atoms with Crippen molar-refractivity contribution >= 4 is 29.0 Å². The van der Waals surface area contributed by atoms with Gasteiger partial charge in [-0.1, -0.05) is 11.6 Å². The molecule has 2 saturated heterocycles. The zero-order valence-corrected chi connectivity index (χ0v) is 23.5. The molecule has 2 aliphatic heterocycles. The molecule has 222 valence electrons. The van der Waals surface area contributed by atoms with Crippen LogP contribution in [0.4, 0.5) is 23.2 Å². The van der Waals surface area contributed by atoms with Crippen LogP contribution < -0.4 is 4.90 Å². The molecule has 2 aromatic rings. The van der Waals surface area contributed by atoms with E-state index in [0.29, 0.717) is 43.9 Å². The summed E-state index contributed by atoms with van der Waals surface area (Å²) in [6.07, 6.45) is -1.12. The third-order valence-electron chi connectivity index (χ3n) is 8.70. The highest BCUT2D eigenvalue weighted by molar-refractivity contribution is 6.30. The first-order chi connectivity index (χ1) is 19.4. The van der Waals surface area contributed by atoms with E-state index in [9.17, 15) is 32.3 Å². The molecule has 1 saturated carbocycles. The van der Waals surface area contributed by atoms with E-state index in [2.05, 4.69) is 9.80 Å². The van der Waals surface area contributed by atoms with Gasteiger partial charge in [0, 0.05) is 48.8 Å². The summed E-state index contributed by atoms with van der Waals surface area (Å²) in [5.74, 6) is -1.99. The zero-order valence-electron chi connectivity index (χ0n) is 22.7. The van der Waals surface area contributed by atoms with Gasteiger partial charge in [0.1, 0.15) is 11.4 Å². The van der Waals surface area contributed by atoms with Gasteiger partial charge in [-0.3, -0.25) is 9.69 Å². The lowest BCUT2D eigenvalue weighted by Crippen LogP contribution is -2.59. The van der Waals surface area contributed by atoms with E-state index in [1.54, 1.807) is 6.07 Å². The van der Waals surface area contributed by atoms with Crippen molar-refractivity contribution in [2.75, 3.05) is 31.1 Å². The number of halogens is 5. The lowest BCUT2D eigenvalue weighted by Gasteiger charge is -2.48. The van der Waals surface area contributed by atoms with Gasteiger partial charge in [-0.2, -0.15) is 13.2 Å². The number of carboxylic acid groups (broad SMARTS) is 1. The van der Waals surface area contributed by atoms with Crippen molar-refractivity contribution < 1.29 is 37.0 Å². The first kappa shape index (κ1) is 29.8. The zero-order chi connectivity index (χ0) is 29.5. The number of carboxylic acids is 1. The van der Waals surface area contributed by atoms with Crippen LogP contribution in [0.5, 0.6) is 0 Å². The molecule has 1 aliphatic carbocycles. The Morgan fingerprint density at radius 3 is 2.49 bits per heavy atom. The van der Waals surface area contributed by atoms with Crippen molar-refractivity contribution in [1.29, 1.82) is 0 Å². The summed E-state index contributed by atoms with van der Waals surface area (Å²) in [6.45, 7) is 4.48. The Balaban J connectivity index is 1.19. The molecule has 0 spiro atoms. The van der Waals surface area contributed by atoms with Crippen molar-refractivity contribution in [3.8, 4) is 0 Å². The predicted octanol–water partition coefficient (Wildman–Crippen LogP) is 6.24. The molecule has 6 nitrogen and oxygen atoms in total. The van der Waals surface area contributed by atoms with Gasteiger partial charge in [-0.15, -0.1) is 0 Å². The van der Waals surface area contributed by atoms with Crippen LogP contribution in [0.25, 0.3) is 0 Å². The molecule has 3 atom stereocenters. The molecule has 2 aromatic carbocycles. The molecule has 0 bridgehead atoms. The van der Waals surface area contributed by atoms with E-state index in [4.69, 9.17) is 16.3 Å². The molecule has 3 fully saturated rings. The van der Waals surface area contributed by atoms with Crippen LogP contribution in [0.3, 0.4) is 0 Å². The average molecular weight is 597 g/mol. The van der Waals surface area contributed by atoms with Crippen LogP contribution in [0.15, 0.2) is 36.4 Å². The monoisotopic (exact) mass is 596 g/mol. The lowest BCUT2D eigenvalue weighted by molar-refractivity contribution is -0.163. The molecular weight excluding hydrogens is 564 g/mol. The second-order valence-electron chi connectivity index (χ2n) is 11.4. The molecule has 5 rings (SSSR count). The largest absolute Gasteiger partial charge is 0.478 e. The van der Waals surface area contributed by atoms with Gasteiger partial charge in [0.25, 0.3) is 0 Å². The van der Waals surface area contributed by atoms with Gasteiger partial charge in [0.2, 0.25) is 0 Å². The number of aryl methyl sites for hydroxylation is 1. The topological polar surface area (TPSA) is 70.1 Å². The minimum atomic E-state index is -4.51. The molecule has 41 heavy (non-hydrogen) atoms. The second kappa shape index (κ2) is 11.5. The van der Waals surface area contributed by atoms with Crippen molar-refractivity contribution in [2.24, 2.45) is 5.92 Å². The minimum Gasteiger partial charge on any atom is -0.478 e. The molecule has 0 unspecified atom stereocenters. The van der Waals surface area contributed by atoms with Crippen LogP contribution in [-0.2, 0) is 22.1 Å². The third kappa shape index (κ3) is 6.39. The molecule has 2 heterocycles. The Labute approximate surface area is 241 Å². The minimum absolute atomic E-state index is 0.00739. The third-order valence-corrected chi connectivity index (χ3v) is 8.92. The highest BCUT2D eigenvalue weighted by Gasteiger charge is 2.53. The van der Waals surface area contributed by atoms with Crippen LogP contribution in [0.2, 0.25) is 5.02 Å². The molecule has 11 heteroatoms. The van der Waals surface area contributed by atoms with E-state index in [0.717, 1.165) is 31.4 Å². The number of hydrogen-bond donors (Lipinski definition) is 1. The van der Waals surface area contributed by atoms with Gasteiger partial charge in [-0.25, -0.2) is 9.18 Å². The number of alkyl halides is 3. The fraction of sp³-hybridized carbons (Fsp3) is 0.533. The van der Waals surface area contributed by atoms with E-state index < -0.39 is 29.1 Å². The van der Waals surface area contributed by atoms with Crippen LogP contribution >= 0.6 is 11.6 Å². The number of carbonyl (C=O) groups excluding carboxylic acids is 1. The number of ether oxygens (including phenoxy) is 1. The highest BCUT2D eigenvalue weighted by atomic mass is 35.5. The summed E-state index contributed by atoms with van der Waals surface area (Å²) in [7, 11) is 0. The van der Waals surface area contributed by atoms with Gasteiger partial charge >= 0.3 is 12.1 Å². The van der Waals surface area contributed by atoms with Crippen molar-refractivity contribution in [1.82, 2.24) is 4.90 Å². The summed E-state index contributed by atoms with van der Waals surface area (Å²) < 4.78 is 59.9.